The summed E-state index contributed by atoms with van der Waals surface area (Å²) in [6.07, 6.45) is 4.36. The average Bonchev–Trinajstić information content (AvgIpc) is 2.77. The highest BCUT2D eigenvalue weighted by Gasteiger charge is 2.38. The van der Waals surface area contributed by atoms with Crippen molar-refractivity contribution in [3.05, 3.63) is 40.5 Å². The molecule has 0 aliphatic heterocycles. The van der Waals surface area contributed by atoms with Gasteiger partial charge in [-0.25, -0.2) is 0 Å². The van der Waals surface area contributed by atoms with Gasteiger partial charge in [0.2, 0.25) is 0 Å². The van der Waals surface area contributed by atoms with Crippen LogP contribution < -0.4 is 0 Å². The number of hydrogen-bond acceptors (Lipinski definition) is 1. The summed E-state index contributed by atoms with van der Waals surface area (Å²) in [4.78, 5) is 10.7. The minimum atomic E-state index is 0.599. The fraction of sp³-hybridized carbons (Fsp3) is 0.182. The van der Waals surface area contributed by atoms with Crippen LogP contribution in [0.4, 0.5) is 0 Å². The van der Waals surface area contributed by atoms with E-state index in [2.05, 4.69) is 12.1 Å². The van der Waals surface area contributed by atoms with Crippen molar-refractivity contribution < 1.29 is 4.79 Å². The van der Waals surface area contributed by atoms with Crippen LogP contribution in [0.2, 0.25) is 0 Å². The number of hydrogen-bond donors (Lipinski definition) is 0. The first-order valence-corrected chi connectivity index (χ1v) is 4.18. The lowest BCUT2D eigenvalue weighted by Crippen LogP contribution is -1.90. The molecule has 2 aliphatic rings. The van der Waals surface area contributed by atoms with Gasteiger partial charge in [0.05, 0.1) is 0 Å². The van der Waals surface area contributed by atoms with E-state index in [0.29, 0.717) is 5.92 Å². The second kappa shape index (κ2) is 1.86. The predicted molar refractivity (Wildman–Crippen MR) is 47.2 cm³/mol. The molecule has 1 aromatic rings. The number of allylic oxidation sites excluding steroid dienone is 1. The highest BCUT2D eigenvalue weighted by Crippen LogP contribution is 2.55. The first-order valence-electron chi connectivity index (χ1n) is 4.18. The van der Waals surface area contributed by atoms with Gasteiger partial charge in [0.25, 0.3) is 0 Å². The number of fused-ring (bicyclic) bond motifs is 3. The topological polar surface area (TPSA) is 17.1 Å². The molecule has 0 radical (unpaired) electrons. The van der Waals surface area contributed by atoms with E-state index >= 15 is 0 Å². The van der Waals surface area contributed by atoms with E-state index < -0.39 is 0 Å². The standard InChI is InChI=1S/C11H8O/c12-6-8-3-1-2-7-4-9-5-10(9)11(7)8/h1-4,6,10H,5H2. The first kappa shape index (κ1) is 6.18. The molecule has 1 aromatic carbocycles. The van der Waals surface area contributed by atoms with Crippen molar-refractivity contribution in [1.82, 2.24) is 0 Å². The van der Waals surface area contributed by atoms with Crippen LogP contribution in [0, 0.1) is 0 Å². The van der Waals surface area contributed by atoms with E-state index in [4.69, 9.17) is 0 Å². The Bertz CT molecular complexity index is 401. The molecule has 1 heteroatoms. The van der Waals surface area contributed by atoms with Gasteiger partial charge in [0, 0.05) is 11.5 Å². The number of benzene rings is 1. The summed E-state index contributed by atoms with van der Waals surface area (Å²) in [6.45, 7) is 0. The fourth-order valence-corrected chi connectivity index (χ4v) is 2.06. The Kier molecular flexibility index (Phi) is 0.959. The molecule has 1 fully saturated rings. The molecule has 3 rings (SSSR count). The summed E-state index contributed by atoms with van der Waals surface area (Å²) in [6, 6.07) is 5.94. The predicted octanol–water partition coefficient (Wildman–Crippen LogP) is 2.38. The molecule has 1 saturated carbocycles. The van der Waals surface area contributed by atoms with Crippen LogP contribution in [0.3, 0.4) is 0 Å². The summed E-state index contributed by atoms with van der Waals surface area (Å²) in [5, 5.41) is 0. The lowest BCUT2D eigenvalue weighted by Gasteiger charge is -2.02. The van der Waals surface area contributed by atoms with Gasteiger partial charge in [-0.1, -0.05) is 29.8 Å². The molecule has 0 amide bonds. The summed E-state index contributed by atoms with van der Waals surface area (Å²) in [5.74, 6) is 0.599. The molecule has 0 aromatic heterocycles. The molecule has 1 unspecified atom stereocenters. The third-order valence-electron chi connectivity index (χ3n) is 2.72. The first-order chi connectivity index (χ1) is 5.90. The van der Waals surface area contributed by atoms with Crippen molar-refractivity contribution >= 4 is 12.4 Å². The Morgan fingerprint density at radius 3 is 3.17 bits per heavy atom. The molecular weight excluding hydrogens is 148 g/mol. The SMILES string of the molecule is O=Cc1cccc2c1C1CC1=C2. The quantitative estimate of drug-likeness (QED) is 0.570. The minimum Gasteiger partial charge on any atom is -0.298 e. The Morgan fingerprint density at radius 2 is 2.33 bits per heavy atom. The maximum absolute atomic E-state index is 10.7. The highest BCUT2D eigenvalue weighted by atomic mass is 16.1. The molecule has 2 aliphatic carbocycles. The second-order valence-electron chi connectivity index (χ2n) is 3.44. The Morgan fingerprint density at radius 1 is 1.42 bits per heavy atom. The van der Waals surface area contributed by atoms with Gasteiger partial charge in [-0.15, -0.1) is 0 Å². The van der Waals surface area contributed by atoms with Crippen molar-refractivity contribution in [1.29, 1.82) is 0 Å². The van der Waals surface area contributed by atoms with E-state index in [0.717, 1.165) is 11.8 Å². The molecule has 1 atom stereocenters. The fourth-order valence-electron chi connectivity index (χ4n) is 2.06. The second-order valence-corrected chi connectivity index (χ2v) is 3.44. The lowest BCUT2D eigenvalue weighted by molar-refractivity contribution is 0.112. The van der Waals surface area contributed by atoms with Crippen LogP contribution in [-0.2, 0) is 0 Å². The van der Waals surface area contributed by atoms with Gasteiger partial charge in [-0.2, -0.15) is 0 Å². The van der Waals surface area contributed by atoms with E-state index in [-0.39, 0.29) is 0 Å². The zero-order chi connectivity index (χ0) is 8.13. The monoisotopic (exact) mass is 156 g/mol. The number of carbonyl (C=O) groups is 1. The molecule has 0 bridgehead atoms. The van der Waals surface area contributed by atoms with Gasteiger partial charge < -0.3 is 0 Å². The Labute approximate surface area is 70.7 Å². The lowest BCUT2D eigenvalue weighted by atomic mass is 10.0. The molecule has 58 valence electrons. The maximum atomic E-state index is 10.7. The summed E-state index contributed by atoms with van der Waals surface area (Å²) in [5.41, 5.74) is 4.90. The van der Waals surface area contributed by atoms with Crippen LogP contribution in [0.25, 0.3) is 6.08 Å². The van der Waals surface area contributed by atoms with Crippen molar-refractivity contribution in [2.24, 2.45) is 0 Å². The zero-order valence-electron chi connectivity index (χ0n) is 6.58. The Balaban J connectivity index is 2.29. The van der Waals surface area contributed by atoms with Crippen molar-refractivity contribution in [2.45, 2.75) is 12.3 Å². The van der Waals surface area contributed by atoms with Gasteiger partial charge in [0.15, 0.2) is 0 Å². The van der Waals surface area contributed by atoms with Gasteiger partial charge in [0.1, 0.15) is 6.29 Å². The highest BCUT2D eigenvalue weighted by molar-refractivity contribution is 5.85. The van der Waals surface area contributed by atoms with Gasteiger partial charge >= 0.3 is 0 Å². The van der Waals surface area contributed by atoms with E-state index in [9.17, 15) is 4.79 Å². The Hall–Kier alpha value is -1.37. The molecule has 0 heterocycles. The summed E-state index contributed by atoms with van der Waals surface area (Å²) >= 11 is 0. The van der Waals surface area contributed by atoms with Crippen LogP contribution in [-0.4, -0.2) is 6.29 Å². The van der Waals surface area contributed by atoms with Gasteiger partial charge in [-0.05, 0) is 17.5 Å². The smallest absolute Gasteiger partial charge is 0.150 e. The largest absolute Gasteiger partial charge is 0.298 e. The van der Waals surface area contributed by atoms with Crippen LogP contribution in [0.5, 0.6) is 0 Å². The van der Waals surface area contributed by atoms with Crippen LogP contribution >= 0.6 is 0 Å². The molecule has 0 N–H and O–H groups in total. The van der Waals surface area contributed by atoms with Crippen molar-refractivity contribution in [2.75, 3.05) is 0 Å². The normalized spacial score (nSPS) is 22.7. The third kappa shape index (κ3) is 0.613. The summed E-state index contributed by atoms with van der Waals surface area (Å²) < 4.78 is 0. The number of rotatable bonds is 1. The number of aldehydes is 1. The minimum absolute atomic E-state index is 0.599. The molecule has 0 spiro atoms. The molecule has 0 saturated heterocycles. The molecule has 1 nitrogen and oxygen atoms in total. The average molecular weight is 156 g/mol. The molecule has 12 heavy (non-hydrogen) atoms. The van der Waals surface area contributed by atoms with Crippen LogP contribution in [0.1, 0.15) is 33.8 Å². The third-order valence-corrected chi connectivity index (χ3v) is 2.72. The zero-order valence-corrected chi connectivity index (χ0v) is 6.58. The van der Waals surface area contributed by atoms with Crippen molar-refractivity contribution in [3.8, 4) is 0 Å². The molecular formula is C11H8O. The van der Waals surface area contributed by atoms with Crippen LogP contribution in [0.15, 0.2) is 23.8 Å². The van der Waals surface area contributed by atoms with E-state index in [1.54, 1.807) is 0 Å². The maximum Gasteiger partial charge on any atom is 0.150 e. The van der Waals surface area contributed by atoms with E-state index in [1.165, 1.54) is 23.1 Å². The van der Waals surface area contributed by atoms with Gasteiger partial charge in [-0.3, -0.25) is 4.79 Å². The summed E-state index contributed by atoms with van der Waals surface area (Å²) in [7, 11) is 0. The van der Waals surface area contributed by atoms with E-state index in [1.807, 2.05) is 12.1 Å². The number of carbonyl (C=O) groups excluding carboxylic acids is 1. The van der Waals surface area contributed by atoms with Crippen molar-refractivity contribution in [3.63, 3.8) is 0 Å².